The lowest BCUT2D eigenvalue weighted by Crippen LogP contribution is -2.46. The first-order valence-corrected chi connectivity index (χ1v) is 9.39. The maximum Gasteiger partial charge on any atom is 0.454 e. The Bertz CT molecular complexity index is 541. The molecule has 12 heteroatoms. The molecule has 0 aromatic rings. The van der Waals surface area contributed by atoms with Gasteiger partial charge in [-0.2, -0.15) is 26.3 Å². The smallest absolute Gasteiger partial charge is 0.370 e. The van der Waals surface area contributed by atoms with E-state index in [1.54, 1.807) is 0 Å². The summed E-state index contributed by atoms with van der Waals surface area (Å²) in [5.74, 6) is -3.96. The molecule has 1 rings (SSSR count). The predicted octanol–water partition coefficient (Wildman–Crippen LogP) is 3.42. The van der Waals surface area contributed by atoms with Crippen molar-refractivity contribution in [1.82, 2.24) is 9.80 Å². The molecule has 0 aromatic carbocycles. The van der Waals surface area contributed by atoms with Crippen LogP contribution in [0.15, 0.2) is 23.5 Å². The van der Waals surface area contributed by atoms with Gasteiger partial charge in [0.25, 0.3) is 11.6 Å². The van der Waals surface area contributed by atoms with Gasteiger partial charge in [-0.25, -0.2) is 0 Å². The molecule has 0 amide bonds. The standard InChI is InChI=1S/C14H14Br2F6N2O2/c15-7-9(5-11(25)13(17,18)19)23-1-2-24(4-3-23)10(8-16)6-12(26)14(20,21)22/h5-6H,1-4,7-8H2/b9-5+,10-6+. The highest BCUT2D eigenvalue weighted by atomic mass is 79.9. The molecule has 0 atom stereocenters. The van der Waals surface area contributed by atoms with Crippen LogP contribution in [0.25, 0.3) is 0 Å². The summed E-state index contributed by atoms with van der Waals surface area (Å²) < 4.78 is 74.2. The van der Waals surface area contributed by atoms with E-state index in [-0.39, 0.29) is 48.2 Å². The van der Waals surface area contributed by atoms with Crippen LogP contribution in [0.1, 0.15) is 0 Å². The maximum absolute atomic E-state index is 12.4. The zero-order valence-electron chi connectivity index (χ0n) is 13.1. The van der Waals surface area contributed by atoms with Gasteiger partial charge in [-0.05, 0) is 0 Å². The number of hydrogen-bond donors (Lipinski definition) is 0. The van der Waals surface area contributed by atoms with Gasteiger partial charge in [0.2, 0.25) is 0 Å². The molecule has 0 spiro atoms. The Labute approximate surface area is 162 Å². The molecular weight excluding hydrogens is 502 g/mol. The molecule has 1 heterocycles. The number of piperazine rings is 1. The molecule has 0 bridgehead atoms. The normalized spacial score (nSPS) is 17.5. The molecule has 4 nitrogen and oxygen atoms in total. The number of ketones is 2. The second-order valence-corrected chi connectivity index (χ2v) is 6.36. The predicted molar refractivity (Wildman–Crippen MR) is 89.0 cm³/mol. The third-order valence-electron chi connectivity index (χ3n) is 3.52. The number of carbonyl (C=O) groups is 2. The average Bonchev–Trinajstić information content (AvgIpc) is 2.55. The number of carbonyl (C=O) groups excluding carboxylic acids is 2. The summed E-state index contributed by atoms with van der Waals surface area (Å²) in [4.78, 5) is 25.3. The van der Waals surface area contributed by atoms with Crippen LogP contribution in [0.4, 0.5) is 26.3 Å². The van der Waals surface area contributed by atoms with Crippen molar-refractivity contribution >= 4 is 43.4 Å². The van der Waals surface area contributed by atoms with Crippen LogP contribution in [0, 0.1) is 0 Å². The summed E-state index contributed by atoms with van der Waals surface area (Å²) >= 11 is 6.05. The van der Waals surface area contributed by atoms with Crippen molar-refractivity contribution in [3.63, 3.8) is 0 Å². The van der Waals surface area contributed by atoms with E-state index >= 15 is 0 Å². The van der Waals surface area contributed by atoms with Crippen LogP contribution in [0.2, 0.25) is 0 Å². The van der Waals surface area contributed by atoms with Crippen molar-refractivity contribution in [1.29, 1.82) is 0 Å². The van der Waals surface area contributed by atoms with Crippen LogP contribution < -0.4 is 0 Å². The topological polar surface area (TPSA) is 40.6 Å². The minimum Gasteiger partial charge on any atom is -0.370 e. The van der Waals surface area contributed by atoms with Gasteiger partial charge in [-0.1, -0.05) is 31.9 Å². The molecule has 148 valence electrons. The van der Waals surface area contributed by atoms with Crippen LogP contribution in [-0.4, -0.2) is 70.6 Å². The molecule has 0 saturated carbocycles. The van der Waals surface area contributed by atoms with Crippen LogP contribution in [-0.2, 0) is 9.59 Å². The fraction of sp³-hybridized carbons (Fsp3) is 0.571. The van der Waals surface area contributed by atoms with E-state index in [9.17, 15) is 35.9 Å². The zero-order chi connectivity index (χ0) is 20.1. The molecule has 1 aliphatic heterocycles. The van der Waals surface area contributed by atoms with Crippen LogP contribution in [0.5, 0.6) is 0 Å². The molecule has 0 N–H and O–H groups in total. The number of nitrogens with zero attached hydrogens (tertiary/aromatic N) is 2. The van der Waals surface area contributed by atoms with Crippen molar-refractivity contribution in [2.45, 2.75) is 12.4 Å². The van der Waals surface area contributed by atoms with Gasteiger partial charge in [0.1, 0.15) is 0 Å². The number of allylic oxidation sites excluding steroid dienone is 4. The first-order valence-electron chi connectivity index (χ1n) is 7.15. The minimum absolute atomic E-state index is 0.0164. The second kappa shape index (κ2) is 9.25. The molecule has 0 radical (unpaired) electrons. The number of hydrogen-bond acceptors (Lipinski definition) is 4. The lowest BCUT2D eigenvalue weighted by molar-refractivity contribution is -0.165. The average molecular weight is 516 g/mol. The lowest BCUT2D eigenvalue weighted by atomic mass is 10.2. The van der Waals surface area contributed by atoms with Gasteiger partial charge in [-0.3, -0.25) is 9.59 Å². The zero-order valence-corrected chi connectivity index (χ0v) is 16.3. The number of halogens is 8. The third kappa shape index (κ3) is 6.60. The Balaban J connectivity index is 2.82. The van der Waals surface area contributed by atoms with Crippen molar-refractivity contribution in [2.24, 2.45) is 0 Å². The Kier molecular flexibility index (Phi) is 8.18. The summed E-state index contributed by atoms with van der Waals surface area (Å²) in [6.45, 7) is 0.750. The lowest BCUT2D eigenvalue weighted by Gasteiger charge is -2.39. The van der Waals surface area contributed by atoms with E-state index in [1.165, 1.54) is 9.80 Å². The Morgan fingerprint density at radius 2 is 1.00 bits per heavy atom. The van der Waals surface area contributed by atoms with E-state index in [1.807, 2.05) is 0 Å². The second-order valence-electron chi connectivity index (χ2n) is 5.24. The Morgan fingerprint density at radius 3 is 1.19 bits per heavy atom. The van der Waals surface area contributed by atoms with E-state index in [0.717, 1.165) is 0 Å². The van der Waals surface area contributed by atoms with Crippen molar-refractivity contribution in [3.8, 4) is 0 Å². The fourth-order valence-electron chi connectivity index (χ4n) is 2.18. The molecular formula is C14H14Br2F6N2O2. The van der Waals surface area contributed by atoms with Crippen LogP contribution >= 0.6 is 31.9 Å². The van der Waals surface area contributed by atoms with Gasteiger partial charge in [0, 0.05) is 60.4 Å². The first kappa shape index (κ1) is 23.0. The molecule has 1 aliphatic rings. The molecule has 0 unspecified atom stereocenters. The highest BCUT2D eigenvalue weighted by Gasteiger charge is 2.38. The largest absolute Gasteiger partial charge is 0.454 e. The van der Waals surface area contributed by atoms with Crippen molar-refractivity contribution in [2.75, 3.05) is 36.8 Å². The number of alkyl halides is 8. The SMILES string of the molecule is O=C(/C=C(\CBr)N1CCN(/C(=C/C(=O)C(F)(F)F)CBr)CC1)C(F)(F)F. The quantitative estimate of drug-likeness (QED) is 0.309. The van der Waals surface area contributed by atoms with Gasteiger partial charge < -0.3 is 9.80 Å². The highest BCUT2D eigenvalue weighted by Crippen LogP contribution is 2.22. The van der Waals surface area contributed by atoms with Gasteiger partial charge in [0.15, 0.2) is 0 Å². The van der Waals surface area contributed by atoms with Gasteiger partial charge in [0.05, 0.1) is 0 Å². The summed E-state index contributed by atoms with van der Waals surface area (Å²) in [5.41, 5.74) is 0.255. The summed E-state index contributed by atoms with van der Waals surface area (Å²) in [6.07, 6.45) is -8.95. The Hall–Kier alpha value is -1.04. The summed E-state index contributed by atoms with van der Waals surface area (Å²) in [5, 5.41) is 0.0328. The monoisotopic (exact) mass is 514 g/mol. The van der Waals surface area contributed by atoms with Gasteiger partial charge >= 0.3 is 12.4 Å². The van der Waals surface area contributed by atoms with E-state index in [4.69, 9.17) is 0 Å². The third-order valence-corrected chi connectivity index (χ3v) is 4.67. The van der Waals surface area contributed by atoms with E-state index in [2.05, 4.69) is 31.9 Å². The molecule has 1 saturated heterocycles. The van der Waals surface area contributed by atoms with Crippen molar-refractivity contribution < 1.29 is 35.9 Å². The molecule has 0 aliphatic carbocycles. The highest BCUT2D eigenvalue weighted by molar-refractivity contribution is 9.09. The maximum atomic E-state index is 12.4. The minimum atomic E-state index is -4.97. The summed E-state index contributed by atoms with van der Waals surface area (Å²) in [7, 11) is 0. The van der Waals surface area contributed by atoms with Gasteiger partial charge in [-0.15, -0.1) is 0 Å². The molecule has 1 fully saturated rings. The number of rotatable bonds is 6. The molecule has 0 aromatic heterocycles. The van der Waals surface area contributed by atoms with E-state index in [0.29, 0.717) is 12.2 Å². The fourth-order valence-corrected chi connectivity index (χ4v) is 3.21. The first-order chi connectivity index (χ1) is 11.9. The van der Waals surface area contributed by atoms with Crippen molar-refractivity contribution in [3.05, 3.63) is 23.5 Å². The van der Waals surface area contributed by atoms with E-state index < -0.39 is 23.9 Å². The molecule has 26 heavy (non-hydrogen) atoms. The Morgan fingerprint density at radius 1 is 0.731 bits per heavy atom. The summed E-state index contributed by atoms with van der Waals surface area (Å²) in [6, 6.07) is 0. The van der Waals surface area contributed by atoms with Crippen LogP contribution in [0.3, 0.4) is 0 Å².